The molecule has 2 aromatic carbocycles. The van der Waals surface area contributed by atoms with Crippen LogP contribution in [0.1, 0.15) is 36.7 Å². The Hall–Kier alpha value is -2.82. The Kier molecular flexibility index (Phi) is 5.24. The second kappa shape index (κ2) is 7.17. The molecule has 5 nitrogen and oxygen atoms in total. The van der Waals surface area contributed by atoms with Crippen LogP contribution in [0.25, 0.3) is 16.8 Å². The third-order valence-electron chi connectivity index (χ3n) is 3.18. The van der Waals surface area contributed by atoms with Crippen LogP contribution in [0.3, 0.4) is 0 Å². The van der Waals surface area contributed by atoms with Gasteiger partial charge in [0.15, 0.2) is 0 Å². The molecule has 126 valence electrons. The first kappa shape index (κ1) is 17.5. The number of ether oxygens (including phenoxy) is 1. The molecule has 5 heteroatoms. The number of carbonyl (C=O) groups is 2. The van der Waals surface area contributed by atoms with Gasteiger partial charge in [-0.15, -0.1) is 0 Å². The van der Waals surface area contributed by atoms with Gasteiger partial charge < -0.3 is 15.2 Å². The zero-order chi connectivity index (χ0) is 17.7. The lowest BCUT2D eigenvalue weighted by atomic mass is 10.0. The fraction of sp³-hybridized carbons (Fsp3) is 0.263. The van der Waals surface area contributed by atoms with Crippen molar-refractivity contribution >= 4 is 28.9 Å². The molecule has 0 heterocycles. The van der Waals surface area contributed by atoms with Crippen LogP contribution >= 0.6 is 0 Å². The van der Waals surface area contributed by atoms with E-state index in [0.29, 0.717) is 6.54 Å². The van der Waals surface area contributed by atoms with E-state index in [1.54, 1.807) is 18.2 Å². The average molecular weight is 327 g/mol. The molecule has 0 aliphatic rings. The lowest BCUT2D eigenvalue weighted by Crippen LogP contribution is -2.32. The van der Waals surface area contributed by atoms with Gasteiger partial charge in [0, 0.05) is 6.54 Å². The number of alkyl carbamates (subject to hydrolysis) is 1. The van der Waals surface area contributed by atoms with E-state index >= 15 is 0 Å². The Morgan fingerprint density at radius 3 is 2.46 bits per heavy atom. The van der Waals surface area contributed by atoms with Crippen LogP contribution in [-0.2, 0) is 4.74 Å². The van der Waals surface area contributed by atoms with Crippen LogP contribution in [0.4, 0.5) is 4.79 Å². The van der Waals surface area contributed by atoms with Gasteiger partial charge in [-0.3, -0.25) is 0 Å². The minimum absolute atomic E-state index is 0.271. The summed E-state index contributed by atoms with van der Waals surface area (Å²) in [7, 11) is 0. The summed E-state index contributed by atoms with van der Waals surface area (Å²) in [6, 6.07) is 10.8. The van der Waals surface area contributed by atoms with E-state index in [0.717, 1.165) is 16.3 Å². The quantitative estimate of drug-likeness (QED) is 0.887. The van der Waals surface area contributed by atoms with Crippen LogP contribution < -0.4 is 5.32 Å². The van der Waals surface area contributed by atoms with Crippen molar-refractivity contribution in [2.45, 2.75) is 26.4 Å². The van der Waals surface area contributed by atoms with Gasteiger partial charge in [0.05, 0.1) is 5.56 Å². The number of aromatic carboxylic acids is 1. The van der Waals surface area contributed by atoms with Gasteiger partial charge in [0.2, 0.25) is 0 Å². The van der Waals surface area contributed by atoms with Crippen molar-refractivity contribution in [3.63, 3.8) is 0 Å². The van der Waals surface area contributed by atoms with E-state index in [2.05, 4.69) is 5.32 Å². The summed E-state index contributed by atoms with van der Waals surface area (Å²) in [5.74, 6) is -0.936. The minimum Gasteiger partial charge on any atom is -0.478 e. The van der Waals surface area contributed by atoms with Gasteiger partial charge in [-0.05, 0) is 55.3 Å². The van der Waals surface area contributed by atoms with Crippen LogP contribution in [0.2, 0.25) is 0 Å². The van der Waals surface area contributed by atoms with Crippen molar-refractivity contribution in [1.29, 1.82) is 0 Å². The van der Waals surface area contributed by atoms with E-state index in [4.69, 9.17) is 9.84 Å². The Labute approximate surface area is 140 Å². The van der Waals surface area contributed by atoms with Crippen LogP contribution in [-0.4, -0.2) is 29.3 Å². The molecule has 0 unspecified atom stereocenters. The van der Waals surface area contributed by atoms with Crippen molar-refractivity contribution in [2.75, 3.05) is 6.54 Å². The van der Waals surface area contributed by atoms with Gasteiger partial charge in [0.25, 0.3) is 0 Å². The Morgan fingerprint density at radius 1 is 1.12 bits per heavy atom. The first-order valence-corrected chi connectivity index (χ1v) is 7.65. The largest absolute Gasteiger partial charge is 0.478 e. The molecule has 24 heavy (non-hydrogen) atoms. The molecule has 0 aliphatic carbocycles. The molecule has 0 radical (unpaired) electrons. The second-order valence-electron chi connectivity index (χ2n) is 6.41. The van der Waals surface area contributed by atoms with Crippen molar-refractivity contribution in [2.24, 2.45) is 0 Å². The number of fused-ring (bicyclic) bond motifs is 1. The van der Waals surface area contributed by atoms with E-state index < -0.39 is 17.7 Å². The summed E-state index contributed by atoms with van der Waals surface area (Å²) in [6.45, 7) is 5.80. The van der Waals surface area contributed by atoms with Gasteiger partial charge in [0.1, 0.15) is 5.60 Å². The topological polar surface area (TPSA) is 75.6 Å². The Balaban J connectivity index is 1.99. The average Bonchev–Trinajstić information content (AvgIpc) is 2.49. The predicted molar refractivity (Wildman–Crippen MR) is 94.2 cm³/mol. The van der Waals surface area contributed by atoms with Crippen LogP contribution in [0, 0.1) is 0 Å². The molecular formula is C19H21NO4. The first-order chi connectivity index (χ1) is 11.2. The molecule has 1 amide bonds. The molecule has 0 aliphatic heterocycles. The third kappa shape index (κ3) is 5.12. The number of amides is 1. The Bertz CT molecular complexity index is 788. The number of carboxylic acids is 1. The number of carbonyl (C=O) groups excluding carboxylic acids is 1. The summed E-state index contributed by atoms with van der Waals surface area (Å²) >= 11 is 0. The minimum atomic E-state index is -0.936. The number of hydrogen-bond acceptors (Lipinski definition) is 3. The van der Waals surface area contributed by atoms with E-state index in [-0.39, 0.29) is 5.56 Å². The fourth-order valence-electron chi connectivity index (χ4n) is 2.15. The predicted octanol–water partition coefficient (Wildman–Crippen LogP) is 4.08. The van der Waals surface area contributed by atoms with Gasteiger partial charge in [-0.25, -0.2) is 9.59 Å². The molecule has 2 N–H and O–H groups in total. The van der Waals surface area contributed by atoms with Crippen molar-refractivity contribution < 1.29 is 19.4 Å². The van der Waals surface area contributed by atoms with Gasteiger partial charge in [-0.1, -0.05) is 30.4 Å². The Morgan fingerprint density at radius 2 is 1.79 bits per heavy atom. The summed E-state index contributed by atoms with van der Waals surface area (Å²) < 4.78 is 5.15. The van der Waals surface area contributed by atoms with Crippen LogP contribution in [0.15, 0.2) is 42.5 Å². The molecule has 0 saturated carbocycles. The highest BCUT2D eigenvalue weighted by atomic mass is 16.6. The van der Waals surface area contributed by atoms with Crippen molar-refractivity contribution in [3.05, 3.63) is 53.6 Å². The zero-order valence-electron chi connectivity index (χ0n) is 14.0. The fourth-order valence-corrected chi connectivity index (χ4v) is 2.15. The monoisotopic (exact) mass is 327 g/mol. The maximum Gasteiger partial charge on any atom is 0.407 e. The van der Waals surface area contributed by atoms with Gasteiger partial charge in [-0.2, -0.15) is 0 Å². The summed E-state index contributed by atoms with van der Waals surface area (Å²) in [6.07, 6.45) is 3.27. The maximum atomic E-state index is 11.5. The highest BCUT2D eigenvalue weighted by Gasteiger charge is 2.14. The van der Waals surface area contributed by atoms with Crippen molar-refractivity contribution in [1.82, 2.24) is 5.32 Å². The van der Waals surface area contributed by atoms with Gasteiger partial charge >= 0.3 is 12.1 Å². The maximum absolute atomic E-state index is 11.5. The van der Waals surface area contributed by atoms with Crippen LogP contribution in [0.5, 0.6) is 0 Å². The molecule has 0 fully saturated rings. The summed E-state index contributed by atoms with van der Waals surface area (Å²) in [5, 5.41) is 13.5. The first-order valence-electron chi connectivity index (χ1n) is 7.65. The zero-order valence-corrected chi connectivity index (χ0v) is 14.0. The lowest BCUT2D eigenvalue weighted by Gasteiger charge is -2.19. The number of carboxylic acid groups (broad SMARTS) is 1. The normalized spacial score (nSPS) is 11.6. The molecule has 0 bridgehead atoms. The van der Waals surface area contributed by atoms with E-state index in [1.807, 2.05) is 51.1 Å². The number of rotatable bonds is 4. The van der Waals surface area contributed by atoms with E-state index in [9.17, 15) is 9.59 Å². The van der Waals surface area contributed by atoms with E-state index in [1.165, 1.54) is 0 Å². The molecule has 2 aromatic rings. The number of benzene rings is 2. The standard InChI is InChI=1S/C19H21NO4/c1-19(2,3)24-18(23)20-10-4-5-13-6-7-15-12-16(17(21)22)9-8-14(15)11-13/h4-9,11-12H,10H2,1-3H3,(H,20,23)(H,21,22). The van der Waals surface area contributed by atoms with Crippen molar-refractivity contribution in [3.8, 4) is 0 Å². The molecule has 0 atom stereocenters. The highest BCUT2D eigenvalue weighted by Crippen LogP contribution is 2.19. The molecular weight excluding hydrogens is 306 g/mol. The second-order valence-corrected chi connectivity index (χ2v) is 6.41. The number of nitrogens with one attached hydrogen (secondary N) is 1. The smallest absolute Gasteiger partial charge is 0.407 e. The highest BCUT2D eigenvalue weighted by molar-refractivity contribution is 5.94. The molecule has 0 aromatic heterocycles. The number of hydrogen-bond donors (Lipinski definition) is 2. The molecule has 0 spiro atoms. The molecule has 0 saturated heterocycles. The summed E-state index contributed by atoms with van der Waals surface area (Å²) in [5.41, 5.74) is 0.727. The molecule has 2 rings (SSSR count). The SMILES string of the molecule is CC(C)(C)OC(=O)NCC=Cc1ccc2cc(C(=O)O)ccc2c1. The summed E-state index contributed by atoms with van der Waals surface area (Å²) in [4.78, 5) is 22.5. The third-order valence-corrected chi connectivity index (χ3v) is 3.18. The lowest BCUT2D eigenvalue weighted by molar-refractivity contribution is 0.0533.